The summed E-state index contributed by atoms with van der Waals surface area (Å²) in [5, 5.41) is 0. The first-order chi connectivity index (χ1) is 12.7. The number of ether oxygens (including phenoxy) is 2. The quantitative estimate of drug-likeness (QED) is 0.488. The molecule has 0 aromatic carbocycles. The number of carbonyl (C=O) groups excluding carboxylic acids is 2. The van der Waals surface area contributed by atoms with Crippen LogP contribution in [-0.4, -0.2) is 17.7 Å². The van der Waals surface area contributed by atoms with Gasteiger partial charge in [0, 0.05) is 26.7 Å². The number of hydrogen-bond acceptors (Lipinski definition) is 4. The second-order valence-electron chi connectivity index (χ2n) is 10.5. The third kappa shape index (κ3) is 3.11. The predicted octanol–water partition coefficient (Wildman–Crippen LogP) is 5.24. The Balaban J connectivity index is 1.57. The Morgan fingerprint density at radius 2 is 1.52 bits per heavy atom. The standard InChI is InChI=1S/C23H36O4/c1-15(24)26-23(27-16(2)25)13-12-22(4)17(14-23)7-8-18-19-6-5-10-21(19,3)11-9-20(18)22/h17-20H,5-14H2,1-4H3/t17-,18-,19-,20-,21-,22-/m0/s1. The molecule has 4 aliphatic rings. The summed E-state index contributed by atoms with van der Waals surface area (Å²) < 4.78 is 11.2. The minimum Gasteiger partial charge on any atom is -0.423 e. The summed E-state index contributed by atoms with van der Waals surface area (Å²) in [5.41, 5.74) is 0.870. The Bertz CT molecular complexity index is 612. The van der Waals surface area contributed by atoms with Gasteiger partial charge in [0.1, 0.15) is 0 Å². The highest BCUT2D eigenvalue weighted by Crippen LogP contribution is 2.67. The molecule has 4 saturated carbocycles. The van der Waals surface area contributed by atoms with Gasteiger partial charge in [-0.3, -0.25) is 9.59 Å². The highest BCUT2D eigenvalue weighted by Gasteiger charge is 2.60. The average molecular weight is 377 g/mol. The van der Waals surface area contributed by atoms with Gasteiger partial charge in [-0.1, -0.05) is 20.3 Å². The van der Waals surface area contributed by atoms with Crippen molar-refractivity contribution >= 4 is 11.9 Å². The third-order valence-electron chi connectivity index (χ3n) is 9.11. The summed E-state index contributed by atoms with van der Waals surface area (Å²) in [6.07, 6.45) is 11.7. The van der Waals surface area contributed by atoms with Gasteiger partial charge in [0.15, 0.2) is 0 Å². The second-order valence-corrected chi connectivity index (χ2v) is 10.5. The Hall–Kier alpha value is -1.06. The van der Waals surface area contributed by atoms with E-state index in [1.807, 2.05) is 0 Å². The molecule has 0 bridgehead atoms. The van der Waals surface area contributed by atoms with Crippen molar-refractivity contribution in [1.82, 2.24) is 0 Å². The summed E-state index contributed by atoms with van der Waals surface area (Å²) >= 11 is 0. The van der Waals surface area contributed by atoms with E-state index < -0.39 is 5.79 Å². The molecule has 152 valence electrons. The molecule has 0 aliphatic heterocycles. The monoisotopic (exact) mass is 376 g/mol. The van der Waals surface area contributed by atoms with Crippen LogP contribution in [0.25, 0.3) is 0 Å². The van der Waals surface area contributed by atoms with Crippen LogP contribution in [0.4, 0.5) is 0 Å². The molecule has 0 N–H and O–H groups in total. The lowest BCUT2D eigenvalue weighted by molar-refractivity contribution is -0.261. The lowest BCUT2D eigenvalue weighted by Gasteiger charge is -2.61. The van der Waals surface area contributed by atoms with Crippen LogP contribution >= 0.6 is 0 Å². The number of hydrogen-bond donors (Lipinski definition) is 0. The molecule has 27 heavy (non-hydrogen) atoms. The van der Waals surface area contributed by atoms with Crippen molar-refractivity contribution in [2.75, 3.05) is 0 Å². The number of fused-ring (bicyclic) bond motifs is 5. The van der Waals surface area contributed by atoms with Crippen LogP contribution in [0.15, 0.2) is 0 Å². The maximum absolute atomic E-state index is 11.7. The van der Waals surface area contributed by atoms with E-state index in [0.29, 0.717) is 24.2 Å². The molecule has 6 atom stereocenters. The predicted molar refractivity (Wildman–Crippen MR) is 103 cm³/mol. The first kappa shape index (κ1) is 19.3. The number of rotatable bonds is 2. The molecular formula is C23H36O4. The topological polar surface area (TPSA) is 52.6 Å². The van der Waals surface area contributed by atoms with Gasteiger partial charge in [0.05, 0.1) is 0 Å². The van der Waals surface area contributed by atoms with Gasteiger partial charge in [0.2, 0.25) is 0 Å². The van der Waals surface area contributed by atoms with E-state index >= 15 is 0 Å². The highest BCUT2D eigenvalue weighted by molar-refractivity contribution is 5.68. The fourth-order valence-corrected chi connectivity index (χ4v) is 7.92. The van der Waals surface area contributed by atoms with Crippen LogP contribution in [0.5, 0.6) is 0 Å². The zero-order chi connectivity index (χ0) is 19.4. The summed E-state index contributed by atoms with van der Waals surface area (Å²) in [4.78, 5) is 23.4. The number of esters is 2. The molecule has 0 heterocycles. The van der Waals surface area contributed by atoms with Gasteiger partial charge in [0.25, 0.3) is 5.79 Å². The van der Waals surface area contributed by atoms with Crippen LogP contribution in [0, 0.1) is 34.5 Å². The van der Waals surface area contributed by atoms with E-state index in [0.717, 1.165) is 24.2 Å². The maximum atomic E-state index is 11.7. The van der Waals surface area contributed by atoms with Crippen molar-refractivity contribution in [1.29, 1.82) is 0 Å². The minimum absolute atomic E-state index is 0.288. The van der Waals surface area contributed by atoms with E-state index in [2.05, 4.69) is 13.8 Å². The molecule has 0 spiro atoms. The Labute approximate surface area is 163 Å². The Morgan fingerprint density at radius 1 is 0.815 bits per heavy atom. The Morgan fingerprint density at radius 3 is 2.19 bits per heavy atom. The molecule has 4 aliphatic carbocycles. The third-order valence-corrected chi connectivity index (χ3v) is 9.11. The van der Waals surface area contributed by atoms with Crippen molar-refractivity contribution in [2.45, 2.75) is 97.7 Å². The van der Waals surface area contributed by atoms with Gasteiger partial charge in [-0.05, 0) is 79.4 Å². The summed E-state index contributed by atoms with van der Waals surface area (Å²) in [6.45, 7) is 7.86. The summed E-state index contributed by atoms with van der Waals surface area (Å²) in [6, 6.07) is 0. The van der Waals surface area contributed by atoms with Crippen LogP contribution < -0.4 is 0 Å². The molecule has 0 radical (unpaired) electrons. The smallest absolute Gasteiger partial charge is 0.305 e. The van der Waals surface area contributed by atoms with E-state index in [9.17, 15) is 9.59 Å². The van der Waals surface area contributed by atoms with Gasteiger partial charge >= 0.3 is 11.9 Å². The molecule has 0 saturated heterocycles. The fourth-order valence-electron chi connectivity index (χ4n) is 7.92. The highest BCUT2D eigenvalue weighted by atomic mass is 16.7. The van der Waals surface area contributed by atoms with Crippen molar-refractivity contribution in [3.05, 3.63) is 0 Å². The fraction of sp³-hybridized carbons (Fsp3) is 0.913. The van der Waals surface area contributed by atoms with E-state index in [-0.39, 0.29) is 17.4 Å². The molecule has 0 amide bonds. The van der Waals surface area contributed by atoms with E-state index in [4.69, 9.17) is 9.47 Å². The van der Waals surface area contributed by atoms with E-state index in [1.54, 1.807) is 0 Å². The Kier molecular flexibility index (Phi) is 4.63. The molecule has 4 rings (SSSR count). The van der Waals surface area contributed by atoms with Gasteiger partial charge in [-0.25, -0.2) is 0 Å². The molecule has 4 nitrogen and oxygen atoms in total. The largest absolute Gasteiger partial charge is 0.423 e. The van der Waals surface area contributed by atoms with Crippen LogP contribution in [-0.2, 0) is 19.1 Å². The van der Waals surface area contributed by atoms with Gasteiger partial charge in [-0.15, -0.1) is 0 Å². The molecule has 4 heteroatoms. The first-order valence-corrected chi connectivity index (χ1v) is 11.1. The van der Waals surface area contributed by atoms with Crippen molar-refractivity contribution < 1.29 is 19.1 Å². The van der Waals surface area contributed by atoms with E-state index in [1.165, 1.54) is 58.8 Å². The average Bonchev–Trinajstić information content (AvgIpc) is 2.96. The molecule has 0 aromatic rings. The van der Waals surface area contributed by atoms with Gasteiger partial charge in [-0.2, -0.15) is 0 Å². The zero-order valence-electron chi connectivity index (χ0n) is 17.5. The van der Waals surface area contributed by atoms with Crippen LogP contribution in [0.2, 0.25) is 0 Å². The number of carbonyl (C=O) groups is 2. The first-order valence-electron chi connectivity index (χ1n) is 11.1. The zero-order valence-corrected chi connectivity index (χ0v) is 17.5. The molecular weight excluding hydrogens is 340 g/mol. The molecule has 4 fully saturated rings. The van der Waals surface area contributed by atoms with Crippen molar-refractivity contribution in [3.8, 4) is 0 Å². The van der Waals surface area contributed by atoms with Crippen molar-refractivity contribution in [2.24, 2.45) is 34.5 Å². The normalized spacial score (nSPS) is 45.2. The van der Waals surface area contributed by atoms with Gasteiger partial charge < -0.3 is 9.47 Å². The molecule has 0 aromatic heterocycles. The molecule has 0 unspecified atom stereocenters. The van der Waals surface area contributed by atoms with Crippen LogP contribution in [0.1, 0.15) is 91.9 Å². The SMILES string of the molecule is CC(=O)OC1(OC(C)=O)CC[C@@]2(C)[C@@H](CC[C@H]3[C@@H]4CCC[C@@]4(C)CC[C@@H]32)C1. The second kappa shape index (κ2) is 6.49. The maximum Gasteiger partial charge on any atom is 0.305 e. The lowest BCUT2D eigenvalue weighted by Crippen LogP contribution is -2.57. The summed E-state index contributed by atoms with van der Waals surface area (Å²) in [5.74, 6) is 1.27. The minimum atomic E-state index is -1.04. The lowest BCUT2D eigenvalue weighted by atomic mass is 9.45. The van der Waals surface area contributed by atoms with Crippen LogP contribution in [0.3, 0.4) is 0 Å². The van der Waals surface area contributed by atoms with Crippen molar-refractivity contribution in [3.63, 3.8) is 0 Å². The summed E-state index contributed by atoms with van der Waals surface area (Å²) in [7, 11) is 0.